The van der Waals surface area contributed by atoms with E-state index in [2.05, 4.69) is 29.1 Å². The van der Waals surface area contributed by atoms with Gasteiger partial charge in [-0.1, -0.05) is 6.92 Å². The van der Waals surface area contributed by atoms with Gasteiger partial charge in [-0.2, -0.15) is 0 Å². The third kappa shape index (κ3) is 4.46. The van der Waals surface area contributed by atoms with Crippen LogP contribution < -0.4 is 5.32 Å². The molecule has 0 aliphatic carbocycles. The molecule has 0 spiro atoms. The van der Waals surface area contributed by atoms with Crippen molar-refractivity contribution in [2.24, 2.45) is 0 Å². The Morgan fingerprint density at radius 2 is 1.90 bits per heavy atom. The van der Waals surface area contributed by atoms with E-state index >= 15 is 0 Å². The Bertz CT molecular complexity index is 385. The lowest BCUT2D eigenvalue weighted by molar-refractivity contribution is 0.135. The van der Waals surface area contributed by atoms with Gasteiger partial charge in [0.15, 0.2) is 0 Å². The second-order valence-electron chi connectivity index (χ2n) is 5.58. The normalized spacial score (nSPS) is 17.6. The fraction of sp³-hybridized carbons (Fsp3) is 0.625. The van der Waals surface area contributed by atoms with E-state index in [1.54, 1.807) is 12.1 Å². The van der Waals surface area contributed by atoms with Crippen molar-refractivity contribution < 1.29 is 4.39 Å². The van der Waals surface area contributed by atoms with Crippen LogP contribution >= 0.6 is 0 Å². The van der Waals surface area contributed by atoms with Gasteiger partial charge in [0.1, 0.15) is 5.82 Å². The number of hydrogen-bond acceptors (Lipinski definition) is 3. The Kier molecular flexibility index (Phi) is 5.80. The van der Waals surface area contributed by atoms with Crippen LogP contribution in [-0.2, 0) is 0 Å². The first-order valence-corrected chi connectivity index (χ1v) is 7.61. The van der Waals surface area contributed by atoms with Gasteiger partial charge in [-0.15, -0.1) is 0 Å². The number of nitrogens with one attached hydrogen (secondary N) is 1. The Morgan fingerprint density at radius 3 is 2.50 bits per heavy atom. The average Bonchev–Trinajstić information content (AvgIpc) is 2.49. The van der Waals surface area contributed by atoms with Gasteiger partial charge in [0.05, 0.1) is 0 Å². The first-order chi connectivity index (χ1) is 9.69. The molecule has 0 unspecified atom stereocenters. The number of piperidine rings is 1. The van der Waals surface area contributed by atoms with Crippen LogP contribution in [0.4, 0.5) is 10.1 Å². The van der Waals surface area contributed by atoms with E-state index in [-0.39, 0.29) is 5.82 Å². The highest BCUT2D eigenvalue weighted by atomic mass is 19.1. The van der Waals surface area contributed by atoms with E-state index in [1.807, 2.05) is 0 Å². The van der Waals surface area contributed by atoms with Crippen LogP contribution in [0.5, 0.6) is 0 Å². The fourth-order valence-corrected chi connectivity index (χ4v) is 2.80. The van der Waals surface area contributed by atoms with Gasteiger partial charge in [0.25, 0.3) is 0 Å². The number of nitrogens with zero attached hydrogens (tertiary/aromatic N) is 2. The molecule has 1 saturated heterocycles. The van der Waals surface area contributed by atoms with Crippen LogP contribution in [0.15, 0.2) is 24.3 Å². The van der Waals surface area contributed by atoms with Gasteiger partial charge in [-0.05, 0) is 63.8 Å². The molecule has 0 aromatic heterocycles. The summed E-state index contributed by atoms with van der Waals surface area (Å²) in [6.45, 7) is 7.76. The van der Waals surface area contributed by atoms with Crippen LogP contribution in [0, 0.1) is 5.82 Å². The number of hydrogen-bond donors (Lipinski definition) is 1. The average molecular weight is 279 g/mol. The molecule has 112 valence electrons. The van der Waals surface area contributed by atoms with E-state index in [9.17, 15) is 4.39 Å². The maximum atomic E-state index is 12.8. The van der Waals surface area contributed by atoms with Gasteiger partial charge in [-0.25, -0.2) is 4.39 Å². The van der Waals surface area contributed by atoms with E-state index < -0.39 is 0 Å². The minimum absolute atomic E-state index is 0.185. The van der Waals surface area contributed by atoms with Crippen molar-refractivity contribution >= 4 is 5.69 Å². The van der Waals surface area contributed by atoms with Crippen LogP contribution in [0.25, 0.3) is 0 Å². The third-order valence-electron chi connectivity index (χ3n) is 4.27. The molecule has 1 N–H and O–H groups in total. The molecule has 4 heteroatoms. The number of rotatable bonds is 6. The summed E-state index contributed by atoms with van der Waals surface area (Å²) in [7, 11) is 2.21. The molecule has 1 aliphatic rings. The summed E-state index contributed by atoms with van der Waals surface area (Å²) in [4.78, 5) is 4.96. The first kappa shape index (κ1) is 15.3. The highest BCUT2D eigenvalue weighted by Gasteiger charge is 2.20. The summed E-state index contributed by atoms with van der Waals surface area (Å²) >= 11 is 0. The number of likely N-dealkylation sites (N-methyl/N-ethyl adjacent to an activating group) is 1. The number of benzene rings is 1. The van der Waals surface area contributed by atoms with Crippen molar-refractivity contribution in [1.29, 1.82) is 0 Å². The van der Waals surface area contributed by atoms with E-state index in [0.717, 1.165) is 18.8 Å². The molecule has 20 heavy (non-hydrogen) atoms. The Labute approximate surface area is 121 Å². The molecule has 1 aromatic rings. The smallest absolute Gasteiger partial charge is 0.123 e. The van der Waals surface area contributed by atoms with E-state index in [1.165, 1.54) is 44.6 Å². The molecular formula is C16H26FN3. The monoisotopic (exact) mass is 279 g/mol. The molecule has 1 aromatic carbocycles. The molecular weight excluding hydrogens is 253 g/mol. The minimum atomic E-state index is -0.185. The molecule has 1 aliphatic heterocycles. The number of halogens is 1. The van der Waals surface area contributed by atoms with Gasteiger partial charge in [0.2, 0.25) is 0 Å². The molecule has 1 heterocycles. The maximum Gasteiger partial charge on any atom is 0.123 e. The van der Waals surface area contributed by atoms with Crippen molar-refractivity contribution in [2.45, 2.75) is 25.8 Å². The molecule has 0 atom stereocenters. The molecule has 1 fully saturated rings. The number of anilines is 1. The quantitative estimate of drug-likeness (QED) is 0.863. The van der Waals surface area contributed by atoms with Crippen LogP contribution in [0.2, 0.25) is 0 Å². The second kappa shape index (κ2) is 7.60. The Balaban J connectivity index is 1.67. The van der Waals surface area contributed by atoms with Crippen LogP contribution in [0.1, 0.15) is 19.8 Å². The molecule has 3 nitrogen and oxygen atoms in total. The third-order valence-corrected chi connectivity index (χ3v) is 4.27. The summed E-state index contributed by atoms with van der Waals surface area (Å²) in [5, 5.41) is 3.34. The summed E-state index contributed by atoms with van der Waals surface area (Å²) in [6.07, 6.45) is 2.53. The zero-order valence-corrected chi connectivity index (χ0v) is 12.6. The molecule has 0 bridgehead atoms. The minimum Gasteiger partial charge on any atom is -0.384 e. The van der Waals surface area contributed by atoms with Gasteiger partial charge in [0, 0.05) is 24.8 Å². The molecule has 0 amide bonds. The van der Waals surface area contributed by atoms with Crippen molar-refractivity contribution in [3.05, 3.63) is 30.1 Å². The highest BCUT2D eigenvalue weighted by Crippen LogP contribution is 2.15. The standard InChI is InChI=1S/C16H26FN3/c1-3-20-11-8-16(9-12-20)19(2)13-10-18-15-6-4-14(17)5-7-15/h4-7,16,18H,3,8-13H2,1-2H3. The Hall–Kier alpha value is -1.13. The van der Waals surface area contributed by atoms with Crippen molar-refractivity contribution in [1.82, 2.24) is 9.80 Å². The topological polar surface area (TPSA) is 18.5 Å². The fourth-order valence-electron chi connectivity index (χ4n) is 2.80. The van der Waals surface area contributed by atoms with Crippen LogP contribution in [0.3, 0.4) is 0 Å². The summed E-state index contributed by atoms with van der Waals surface area (Å²) in [5.41, 5.74) is 0.987. The predicted octanol–water partition coefficient (Wildman–Crippen LogP) is 2.65. The first-order valence-electron chi connectivity index (χ1n) is 7.61. The molecule has 0 saturated carbocycles. The lowest BCUT2D eigenvalue weighted by atomic mass is 10.0. The van der Waals surface area contributed by atoms with Crippen LogP contribution in [-0.4, -0.2) is 55.6 Å². The van der Waals surface area contributed by atoms with Gasteiger partial charge >= 0.3 is 0 Å². The molecule has 0 radical (unpaired) electrons. The predicted molar refractivity (Wildman–Crippen MR) is 82.7 cm³/mol. The summed E-state index contributed by atoms with van der Waals surface area (Å²) in [5.74, 6) is -0.185. The van der Waals surface area contributed by atoms with E-state index in [4.69, 9.17) is 0 Å². The van der Waals surface area contributed by atoms with Gasteiger partial charge in [-0.3, -0.25) is 0 Å². The van der Waals surface area contributed by atoms with Gasteiger partial charge < -0.3 is 15.1 Å². The maximum absolute atomic E-state index is 12.8. The van der Waals surface area contributed by atoms with Crippen molar-refractivity contribution in [2.75, 3.05) is 45.1 Å². The summed E-state index contributed by atoms with van der Waals surface area (Å²) < 4.78 is 12.8. The Morgan fingerprint density at radius 1 is 1.25 bits per heavy atom. The van der Waals surface area contributed by atoms with Crippen molar-refractivity contribution in [3.8, 4) is 0 Å². The number of likely N-dealkylation sites (tertiary alicyclic amines) is 1. The van der Waals surface area contributed by atoms with E-state index in [0.29, 0.717) is 6.04 Å². The molecule has 2 rings (SSSR count). The summed E-state index contributed by atoms with van der Waals surface area (Å²) in [6, 6.07) is 7.26. The lowest BCUT2D eigenvalue weighted by Gasteiger charge is -2.36. The highest BCUT2D eigenvalue weighted by molar-refractivity contribution is 5.42. The second-order valence-corrected chi connectivity index (χ2v) is 5.58. The zero-order valence-electron chi connectivity index (χ0n) is 12.6. The zero-order chi connectivity index (χ0) is 14.4. The largest absolute Gasteiger partial charge is 0.384 e. The SMILES string of the molecule is CCN1CCC(N(C)CCNc2ccc(F)cc2)CC1. The lowest BCUT2D eigenvalue weighted by Crippen LogP contribution is -2.44. The van der Waals surface area contributed by atoms with Crippen molar-refractivity contribution in [3.63, 3.8) is 0 Å².